The third kappa shape index (κ3) is 17.0. The van der Waals surface area contributed by atoms with E-state index in [2.05, 4.69) is 60.6 Å². The number of unbranched alkanes of at least 4 members (excludes halogenated alkanes) is 12. The Morgan fingerprint density at radius 2 is 1.05 bits per heavy atom. The van der Waals surface area contributed by atoms with E-state index in [1.165, 1.54) is 89.0 Å². The molecule has 0 fully saturated rings. The smallest absolute Gasteiger partial charge is 0.303 e. The van der Waals surface area contributed by atoms with E-state index in [0.29, 0.717) is 11.7 Å². The molecule has 3 N–H and O–H groups in total. The minimum atomic E-state index is -0.745. The van der Waals surface area contributed by atoms with Gasteiger partial charge in [-0.25, -0.2) is 0 Å². The van der Waals surface area contributed by atoms with Crippen molar-refractivity contribution in [2.45, 2.75) is 175 Å². The zero-order valence-electron chi connectivity index (χ0n) is 27.0. The van der Waals surface area contributed by atoms with Gasteiger partial charge in [0.2, 0.25) is 0 Å². The third-order valence-corrected chi connectivity index (χ3v) is 7.66. The zero-order valence-corrected chi connectivity index (χ0v) is 27.0. The maximum atomic E-state index is 11.0. The highest BCUT2D eigenvalue weighted by Gasteiger charge is 2.28. The predicted molar refractivity (Wildman–Crippen MR) is 168 cm³/mol. The molecule has 39 heavy (non-hydrogen) atoms. The number of carbonyl (C=O) groups is 1. The van der Waals surface area contributed by atoms with Gasteiger partial charge in [0.1, 0.15) is 5.75 Å². The Kier molecular flexibility index (Phi) is 19.5. The molecule has 0 saturated heterocycles. The van der Waals surface area contributed by atoms with E-state index in [1.54, 1.807) is 6.92 Å². The lowest BCUT2D eigenvalue weighted by atomic mass is 9.76. The molecule has 0 saturated carbocycles. The molecule has 1 aromatic carbocycles. The largest absolute Gasteiger partial charge is 0.507 e. The second-order valence-electron chi connectivity index (χ2n) is 13.5. The first-order valence-corrected chi connectivity index (χ1v) is 16.0. The Morgan fingerprint density at radius 1 is 0.692 bits per heavy atom. The summed E-state index contributed by atoms with van der Waals surface area (Å²) >= 11 is 0. The molecule has 0 aliphatic carbocycles. The molecule has 0 heterocycles. The van der Waals surface area contributed by atoms with Crippen LogP contribution in [0.5, 0.6) is 5.75 Å². The van der Waals surface area contributed by atoms with Crippen molar-refractivity contribution >= 4 is 5.97 Å². The molecule has 0 radical (unpaired) electrons. The Labute approximate surface area is 242 Å². The van der Waals surface area contributed by atoms with Gasteiger partial charge in [-0.15, -0.1) is 0 Å². The first-order valence-electron chi connectivity index (χ1n) is 16.0. The summed E-state index contributed by atoms with van der Waals surface area (Å²) < 4.78 is 0. The molecule has 0 aliphatic heterocycles. The highest BCUT2D eigenvalue weighted by molar-refractivity contribution is 5.66. The topological polar surface area (TPSA) is 77.8 Å². The van der Waals surface area contributed by atoms with Gasteiger partial charge >= 0.3 is 5.97 Å². The molecular formula is C35H64O4. The number of aliphatic hydroxyl groups excluding tert-OH is 1. The molecule has 0 aliphatic rings. The number of hydrogen-bond donors (Lipinski definition) is 3. The van der Waals surface area contributed by atoms with Crippen LogP contribution in [-0.2, 0) is 15.6 Å². The maximum Gasteiger partial charge on any atom is 0.303 e. The molecule has 1 unspecified atom stereocenters. The highest BCUT2D eigenvalue weighted by atomic mass is 16.4. The van der Waals surface area contributed by atoms with Crippen LogP contribution in [0.4, 0.5) is 0 Å². The van der Waals surface area contributed by atoms with Gasteiger partial charge in [-0.1, -0.05) is 151 Å². The van der Waals surface area contributed by atoms with Crippen molar-refractivity contribution < 1.29 is 20.1 Å². The minimum absolute atomic E-state index is 0.112. The van der Waals surface area contributed by atoms with E-state index in [9.17, 15) is 15.0 Å². The van der Waals surface area contributed by atoms with Crippen molar-refractivity contribution in [3.63, 3.8) is 0 Å². The quantitative estimate of drug-likeness (QED) is 0.159. The fourth-order valence-electron chi connectivity index (χ4n) is 5.08. The SMILES string of the molecule is CCC(=O)O.CCCCCCCCCCCCCCCC(CCO)c1cc(C(C)(C)C)c(O)c(C(C)(C)C)c1. The van der Waals surface area contributed by atoms with E-state index < -0.39 is 5.97 Å². The number of phenolic OH excluding ortho intramolecular Hbond substituents is 1. The number of benzene rings is 1. The average Bonchev–Trinajstić information content (AvgIpc) is 2.85. The molecule has 228 valence electrons. The molecule has 0 aromatic heterocycles. The molecule has 1 rings (SSSR count). The normalized spacial score (nSPS) is 12.6. The lowest BCUT2D eigenvalue weighted by Gasteiger charge is -2.30. The second kappa shape index (κ2) is 20.3. The second-order valence-corrected chi connectivity index (χ2v) is 13.5. The fraction of sp³-hybridized carbons (Fsp3) is 0.800. The summed E-state index contributed by atoms with van der Waals surface area (Å²) in [5.74, 6) is 0.0676. The van der Waals surface area contributed by atoms with Gasteiger partial charge in [0.15, 0.2) is 0 Å². The summed E-state index contributed by atoms with van der Waals surface area (Å²) in [4.78, 5) is 9.37. The number of carboxylic acids is 1. The summed E-state index contributed by atoms with van der Waals surface area (Å²) in [5, 5.41) is 28.5. The van der Waals surface area contributed by atoms with Crippen LogP contribution in [0.1, 0.15) is 181 Å². The van der Waals surface area contributed by atoms with Gasteiger partial charge in [0.25, 0.3) is 0 Å². The number of carboxylic acid groups (broad SMARTS) is 1. The zero-order chi connectivity index (χ0) is 29.9. The summed E-state index contributed by atoms with van der Waals surface area (Å²) in [7, 11) is 0. The number of aliphatic hydroxyl groups is 1. The molecule has 4 heteroatoms. The van der Waals surface area contributed by atoms with Crippen molar-refractivity contribution in [3.8, 4) is 5.75 Å². The molecule has 4 nitrogen and oxygen atoms in total. The number of hydrogen-bond acceptors (Lipinski definition) is 3. The van der Waals surface area contributed by atoms with Crippen LogP contribution in [0.3, 0.4) is 0 Å². The Morgan fingerprint density at radius 3 is 1.36 bits per heavy atom. The maximum absolute atomic E-state index is 11.0. The fourth-order valence-corrected chi connectivity index (χ4v) is 5.08. The van der Waals surface area contributed by atoms with Crippen molar-refractivity contribution in [3.05, 3.63) is 28.8 Å². The first-order chi connectivity index (χ1) is 18.3. The van der Waals surface area contributed by atoms with Crippen molar-refractivity contribution in [2.24, 2.45) is 0 Å². The van der Waals surface area contributed by atoms with E-state index in [-0.39, 0.29) is 23.9 Å². The molecule has 0 amide bonds. The van der Waals surface area contributed by atoms with Crippen LogP contribution >= 0.6 is 0 Å². The van der Waals surface area contributed by atoms with Crippen molar-refractivity contribution in [2.75, 3.05) is 6.61 Å². The molecule has 0 spiro atoms. The van der Waals surface area contributed by atoms with Gasteiger partial charge in [0, 0.05) is 13.0 Å². The monoisotopic (exact) mass is 548 g/mol. The van der Waals surface area contributed by atoms with Gasteiger partial charge in [-0.2, -0.15) is 0 Å². The van der Waals surface area contributed by atoms with Crippen molar-refractivity contribution in [1.29, 1.82) is 0 Å². The lowest BCUT2D eigenvalue weighted by Crippen LogP contribution is -2.18. The summed E-state index contributed by atoms with van der Waals surface area (Å²) in [5.41, 5.74) is 3.13. The highest BCUT2D eigenvalue weighted by Crippen LogP contribution is 2.42. The number of phenols is 1. The van der Waals surface area contributed by atoms with Crippen LogP contribution in [0.2, 0.25) is 0 Å². The van der Waals surface area contributed by atoms with E-state index >= 15 is 0 Å². The van der Waals surface area contributed by atoms with Crippen LogP contribution in [-0.4, -0.2) is 27.9 Å². The van der Waals surface area contributed by atoms with E-state index in [1.807, 2.05) is 0 Å². The average molecular weight is 549 g/mol. The first kappa shape index (κ1) is 37.5. The minimum Gasteiger partial charge on any atom is -0.507 e. The van der Waals surface area contributed by atoms with Crippen LogP contribution < -0.4 is 0 Å². The molecule has 1 aromatic rings. The number of aliphatic carboxylic acids is 1. The summed E-state index contributed by atoms with van der Waals surface area (Å²) in [6.07, 6.45) is 20.0. The Hall–Kier alpha value is -1.55. The van der Waals surface area contributed by atoms with E-state index in [4.69, 9.17) is 5.11 Å². The van der Waals surface area contributed by atoms with Crippen molar-refractivity contribution in [1.82, 2.24) is 0 Å². The number of rotatable bonds is 18. The van der Waals surface area contributed by atoms with E-state index in [0.717, 1.165) is 24.0 Å². The van der Waals surface area contributed by atoms with Gasteiger partial charge in [-0.3, -0.25) is 4.79 Å². The Bertz CT molecular complexity index is 735. The molecular weight excluding hydrogens is 484 g/mol. The van der Waals surface area contributed by atoms with Crippen LogP contribution in [0.15, 0.2) is 12.1 Å². The van der Waals surface area contributed by atoms with Crippen LogP contribution in [0, 0.1) is 0 Å². The third-order valence-electron chi connectivity index (χ3n) is 7.66. The number of aromatic hydroxyl groups is 1. The Balaban J connectivity index is 0.00000263. The predicted octanol–water partition coefficient (Wildman–Crippen LogP) is 10.4. The standard InChI is InChI=1S/C32H58O2.C3H6O2/c1-8-9-10-11-12-13-14-15-16-17-18-19-20-21-26(22-23-33)27-24-28(31(2,3)4)30(34)29(25-27)32(5,6)7;1-2-3(4)5/h24-26,33-34H,8-23H2,1-7H3;2H2,1H3,(H,4,5). The molecule has 0 bridgehead atoms. The van der Waals surface area contributed by atoms with Crippen LogP contribution in [0.25, 0.3) is 0 Å². The van der Waals surface area contributed by atoms with Gasteiger partial charge in [-0.05, 0) is 46.3 Å². The molecule has 1 atom stereocenters. The summed E-state index contributed by atoms with van der Waals surface area (Å²) in [6.45, 7) is 17.1. The lowest BCUT2D eigenvalue weighted by molar-refractivity contribution is -0.136. The van der Waals surface area contributed by atoms with Gasteiger partial charge in [0.05, 0.1) is 0 Å². The summed E-state index contributed by atoms with van der Waals surface area (Å²) in [6, 6.07) is 4.43. The van der Waals surface area contributed by atoms with Gasteiger partial charge < -0.3 is 15.3 Å².